The van der Waals surface area contributed by atoms with Crippen LogP contribution in [0.2, 0.25) is 0 Å². The average molecular weight is 253 g/mol. The van der Waals surface area contributed by atoms with Crippen LogP contribution in [0, 0.1) is 11.3 Å². The zero-order chi connectivity index (χ0) is 13.2. The standard InChI is InChI=1S/C15H15N3O/c16-9-11-8-10-4-1-2-6-13(10)18-15(11)19-14-7-3-5-12(14)17/h1-2,4,6,8,12,14H,3,5,7,17H2. The Hall–Kier alpha value is -2.12. The van der Waals surface area contributed by atoms with Crippen molar-refractivity contribution in [2.45, 2.75) is 31.4 Å². The molecular weight excluding hydrogens is 238 g/mol. The summed E-state index contributed by atoms with van der Waals surface area (Å²) < 4.78 is 5.86. The van der Waals surface area contributed by atoms with Gasteiger partial charge in [0, 0.05) is 11.4 Å². The van der Waals surface area contributed by atoms with Crippen LogP contribution in [0.4, 0.5) is 0 Å². The Morgan fingerprint density at radius 2 is 2.16 bits per heavy atom. The van der Waals surface area contributed by atoms with E-state index in [0.717, 1.165) is 30.2 Å². The SMILES string of the molecule is N#Cc1cc2ccccc2nc1OC1CCCC1N. The van der Waals surface area contributed by atoms with Crippen LogP contribution in [-0.4, -0.2) is 17.1 Å². The van der Waals surface area contributed by atoms with Crippen molar-refractivity contribution in [2.24, 2.45) is 5.73 Å². The van der Waals surface area contributed by atoms with E-state index < -0.39 is 0 Å². The number of nitriles is 1. The van der Waals surface area contributed by atoms with E-state index in [4.69, 9.17) is 10.5 Å². The zero-order valence-electron chi connectivity index (χ0n) is 10.5. The molecule has 0 spiro atoms. The molecule has 2 N–H and O–H groups in total. The predicted molar refractivity (Wildman–Crippen MR) is 72.7 cm³/mol. The number of benzene rings is 1. The van der Waals surface area contributed by atoms with E-state index >= 15 is 0 Å². The highest BCUT2D eigenvalue weighted by atomic mass is 16.5. The Kier molecular flexibility index (Phi) is 3.06. The fourth-order valence-corrected chi connectivity index (χ4v) is 2.51. The maximum absolute atomic E-state index is 9.22. The van der Waals surface area contributed by atoms with E-state index in [2.05, 4.69) is 11.1 Å². The number of hydrogen-bond donors (Lipinski definition) is 1. The molecule has 2 aromatic rings. The van der Waals surface area contributed by atoms with Crippen LogP contribution in [0.15, 0.2) is 30.3 Å². The Labute approximate surface area is 111 Å². The van der Waals surface area contributed by atoms with Crippen molar-refractivity contribution in [3.05, 3.63) is 35.9 Å². The lowest BCUT2D eigenvalue weighted by atomic mass is 10.1. The van der Waals surface area contributed by atoms with Gasteiger partial charge in [-0.2, -0.15) is 5.26 Å². The lowest BCUT2D eigenvalue weighted by Crippen LogP contribution is -2.34. The van der Waals surface area contributed by atoms with Crippen molar-refractivity contribution in [3.63, 3.8) is 0 Å². The second-order valence-electron chi connectivity index (χ2n) is 4.90. The summed E-state index contributed by atoms with van der Waals surface area (Å²) in [6.07, 6.45) is 2.95. The highest BCUT2D eigenvalue weighted by Gasteiger charge is 2.27. The largest absolute Gasteiger partial charge is 0.472 e. The molecule has 4 heteroatoms. The van der Waals surface area contributed by atoms with Gasteiger partial charge in [-0.15, -0.1) is 0 Å². The smallest absolute Gasteiger partial charge is 0.232 e. The molecule has 19 heavy (non-hydrogen) atoms. The van der Waals surface area contributed by atoms with E-state index in [1.165, 1.54) is 0 Å². The van der Waals surface area contributed by atoms with Crippen LogP contribution in [0.25, 0.3) is 10.9 Å². The molecule has 4 nitrogen and oxygen atoms in total. The number of pyridine rings is 1. The van der Waals surface area contributed by atoms with Crippen molar-refractivity contribution in [1.82, 2.24) is 4.98 Å². The third kappa shape index (κ3) is 2.25. The quantitative estimate of drug-likeness (QED) is 0.891. The number of para-hydroxylation sites is 1. The molecule has 1 aliphatic carbocycles. The molecule has 2 atom stereocenters. The van der Waals surface area contributed by atoms with Gasteiger partial charge >= 0.3 is 0 Å². The molecule has 1 heterocycles. The Morgan fingerprint density at radius 1 is 1.32 bits per heavy atom. The fraction of sp³-hybridized carbons (Fsp3) is 0.333. The number of fused-ring (bicyclic) bond motifs is 1. The summed E-state index contributed by atoms with van der Waals surface area (Å²) in [5.41, 5.74) is 7.30. The van der Waals surface area contributed by atoms with Crippen molar-refractivity contribution in [2.75, 3.05) is 0 Å². The highest BCUT2D eigenvalue weighted by Crippen LogP contribution is 2.27. The molecule has 0 aliphatic heterocycles. The predicted octanol–water partition coefficient (Wildman–Crippen LogP) is 2.37. The van der Waals surface area contributed by atoms with Gasteiger partial charge in [0.25, 0.3) is 0 Å². The van der Waals surface area contributed by atoms with Crippen LogP contribution in [0.5, 0.6) is 5.88 Å². The van der Waals surface area contributed by atoms with Crippen molar-refractivity contribution >= 4 is 10.9 Å². The summed E-state index contributed by atoms with van der Waals surface area (Å²) in [6, 6.07) is 11.7. The normalized spacial score (nSPS) is 22.3. The third-order valence-electron chi connectivity index (χ3n) is 3.58. The molecule has 1 aliphatic rings. The van der Waals surface area contributed by atoms with Crippen LogP contribution in [0.1, 0.15) is 24.8 Å². The number of nitrogens with two attached hydrogens (primary N) is 1. The molecular formula is C15H15N3O. The lowest BCUT2D eigenvalue weighted by molar-refractivity contribution is 0.184. The first-order chi connectivity index (χ1) is 9.28. The molecule has 96 valence electrons. The number of rotatable bonds is 2. The summed E-state index contributed by atoms with van der Waals surface area (Å²) in [5, 5.41) is 10.2. The minimum absolute atomic E-state index is 0.0271. The lowest BCUT2D eigenvalue weighted by Gasteiger charge is -2.18. The molecule has 1 saturated carbocycles. The molecule has 1 fully saturated rings. The van der Waals surface area contributed by atoms with E-state index in [9.17, 15) is 5.26 Å². The third-order valence-corrected chi connectivity index (χ3v) is 3.58. The van der Waals surface area contributed by atoms with E-state index in [-0.39, 0.29) is 12.1 Å². The van der Waals surface area contributed by atoms with E-state index in [1.807, 2.05) is 30.3 Å². The number of hydrogen-bond acceptors (Lipinski definition) is 4. The van der Waals surface area contributed by atoms with Gasteiger partial charge in [0.1, 0.15) is 17.7 Å². The summed E-state index contributed by atoms with van der Waals surface area (Å²) in [5.74, 6) is 0.406. The number of nitrogens with zero attached hydrogens (tertiary/aromatic N) is 2. The molecule has 0 bridgehead atoms. The Bertz CT molecular complexity index is 647. The van der Waals surface area contributed by atoms with Gasteiger partial charge in [0.2, 0.25) is 5.88 Å². The number of aromatic nitrogens is 1. The second kappa shape index (κ2) is 4.87. The minimum atomic E-state index is -0.0271. The molecule has 3 rings (SSSR count). The first kappa shape index (κ1) is 11.9. The van der Waals surface area contributed by atoms with Crippen LogP contribution < -0.4 is 10.5 Å². The summed E-state index contributed by atoms with van der Waals surface area (Å²) in [7, 11) is 0. The van der Waals surface area contributed by atoms with E-state index in [0.29, 0.717) is 11.4 Å². The molecule has 0 amide bonds. The zero-order valence-corrected chi connectivity index (χ0v) is 10.5. The van der Waals surface area contributed by atoms with Gasteiger partial charge < -0.3 is 10.5 Å². The van der Waals surface area contributed by atoms with Crippen molar-refractivity contribution in [3.8, 4) is 11.9 Å². The Balaban J connectivity index is 1.99. The molecule has 2 unspecified atom stereocenters. The van der Waals surface area contributed by atoms with Gasteiger partial charge in [-0.25, -0.2) is 4.98 Å². The minimum Gasteiger partial charge on any atom is -0.472 e. The first-order valence-corrected chi connectivity index (χ1v) is 6.50. The van der Waals surface area contributed by atoms with Crippen molar-refractivity contribution in [1.29, 1.82) is 5.26 Å². The Morgan fingerprint density at radius 3 is 2.89 bits per heavy atom. The summed E-state index contributed by atoms with van der Waals surface area (Å²) >= 11 is 0. The van der Waals surface area contributed by atoms with Gasteiger partial charge in [0.05, 0.1) is 5.52 Å². The van der Waals surface area contributed by atoms with Crippen LogP contribution in [0.3, 0.4) is 0 Å². The van der Waals surface area contributed by atoms with Crippen LogP contribution in [-0.2, 0) is 0 Å². The van der Waals surface area contributed by atoms with E-state index in [1.54, 1.807) is 0 Å². The summed E-state index contributed by atoms with van der Waals surface area (Å²) in [4.78, 5) is 4.44. The maximum Gasteiger partial charge on any atom is 0.232 e. The van der Waals surface area contributed by atoms with Gasteiger partial charge in [-0.05, 0) is 31.4 Å². The second-order valence-corrected chi connectivity index (χ2v) is 4.90. The average Bonchev–Trinajstić information content (AvgIpc) is 2.83. The summed E-state index contributed by atoms with van der Waals surface area (Å²) in [6.45, 7) is 0. The van der Waals surface area contributed by atoms with Gasteiger partial charge in [-0.1, -0.05) is 18.2 Å². The topological polar surface area (TPSA) is 71.9 Å². The monoisotopic (exact) mass is 253 g/mol. The highest BCUT2D eigenvalue weighted by molar-refractivity contribution is 5.80. The number of ether oxygens (including phenoxy) is 1. The van der Waals surface area contributed by atoms with Gasteiger partial charge in [-0.3, -0.25) is 0 Å². The molecule has 1 aromatic heterocycles. The van der Waals surface area contributed by atoms with Crippen LogP contribution >= 0.6 is 0 Å². The molecule has 1 aromatic carbocycles. The van der Waals surface area contributed by atoms with Crippen molar-refractivity contribution < 1.29 is 4.74 Å². The first-order valence-electron chi connectivity index (χ1n) is 6.50. The molecule has 0 radical (unpaired) electrons. The fourth-order valence-electron chi connectivity index (χ4n) is 2.51. The maximum atomic E-state index is 9.22. The molecule has 0 saturated heterocycles. The van der Waals surface area contributed by atoms with Gasteiger partial charge in [0.15, 0.2) is 0 Å².